The zero-order chi connectivity index (χ0) is 13.0. The molecule has 92 valence electrons. The maximum absolute atomic E-state index is 11.9. The lowest BCUT2D eigenvalue weighted by molar-refractivity contribution is 0.0946. The second-order valence-corrected chi connectivity index (χ2v) is 4.33. The van der Waals surface area contributed by atoms with Gasteiger partial charge in [0.1, 0.15) is 5.69 Å². The van der Waals surface area contributed by atoms with E-state index in [-0.39, 0.29) is 5.91 Å². The van der Waals surface area contributed by atoms with Crippen LogP contribution in [0.15, 0.2) is 42.6 Å². The molecule has 2 rings (SSSR count). The lowest BCUT2D eigenvalue weighted by Gasteiger charge is -2.07. The SMILES string of the molecule is Cc1ccnc(C(=O)NCc2ccccc2C)c1. The van der Waals surface area contributed by atoms with Crippen molar-refractivity contribution in [2.75, 3.05) is 0 Å². The number of benzene rings is 1. The van der Waals surface area contributed by atoms with Crippen LogP contribution in [0.25, 0.3) is 0 Å². The van der Waals surface area contributed by atoms with Gasteiger partial charge in [0.25, 0.3) is 5.91 Å². The van der Waals surface area contributed by atoms with Gasteiger partial charge in [-0.25, -0.2) is 0 Å². The summed E-state index contributed by atoms with van der Waals surface area (Å²) in [6.45, 7) is 4.51. The molecule has 3 heteroatoms. The van der Waals surface area contributed by atoms with E-state index in [4.69, 9.17) is 0 Å². The van der Waals surface area contributed by atoms with Gasteiger partial charge in [-0.05, 0) is 42.7 Å². The second-order valence-electron chi connectivity index (χ2n) is 4.33. The maximum Gasteiger partial charge on any atom is 0.270 e. The van der Waals surface area contributed by atoms with Crippen molar-refractivity contribution in [2.45, 2.75) is 20.4 Å². The van der Waals surface area contributed by atoms with Crippen LogP contribution in [0.1, 0.15) is 27.2 Å². The van der Waals surface area contributed by atoms with Gasteiger partial charge < -0.3 is 5.32 Å². The first-order valence-electron chi connectivity index (χ1n) is 5.92. The van der Waals surface area contributed by atoms with E-state index in [1.807, 2.05) is 44.2 Å². The monoisotopic (exact) mass is 240 g/mol. The number of amides is 1. The summed E-state index contributed by atoms with van der Waals surface area (Å²) >= 11 is 0. The summed E-state index contributed by atoms with van der Waals surface area (Å²) in [5.74, 6) is -0.137. The number of aryl methyl sites for hydroxylation is 2. The zero-order valence-electron chi connectivity index (χ0n) is 10.6. The Hall–Kier alpha value is -2.16. The van der Waals surface area contributed by atoms with E-state index < -0.39 is 0 Å². The third-order valence-corrected chi connectivity index (χ3v) is 2.85. The van der Waals surface area contributed by atoms with Gasteiger partial charge in [0, 0.05) is 12.7 Å². The molecular weight excluding hydrogens is 224 g/mol. The molecule has 2 aromatic rings. The van der Waals surface area contributed by atoms with Gasteiger partial charge in [-0.1, -0.05) is 24.3 Å². The Morgan fingerprint density at radius 3 is 2.72 bits per heavy atom. The number of nitrogens with one attached hydrogen (secondary N) is 1. The average Bonchev–Trinajstić information content (AvgIpc) is 2.37. The molecule has 0 fully saturated rings. The molecule has 1 N–H and O–H groups in total. The summed E-state index contributed by atoms with van der Waals surface area (Å²) in [4.78, 5) is 16.0. The molecule has 0 bridgehead atoms. The van der Waals surface area contributed by atoms with Gasteiger partial charge in [0.05, 0.1) is 0 Å². The fourth-order valence-corrected chi connectivity index (χ4v) is 1.73. The Bertz CT molecular complexity index is 564. The highest BCUT2D eigenvalue weighted by atomic mass is 16.1. The minimum atomic E-state index is -0.137. The van der Waals surface area contributed by atoms with Crippen LogP contribution in [-0.2, 0) is 6.54 Å². The van der Waals surface area contributed by atoms with E-state index >= 15 is 0 Å². The number of hydrogen-bond donors (Lipinski definition) is 1. The zero-order valence-corrected chi connectivity index (χ0v) is 10.6. The van der Waals surface area contributed by atoms with Crippen molar-refractivity contribution in [1.82, 2.24) is 10.3 Å². The number of hydrogen-bond acceptors (Lipinski definition) is 2. The van der Waals surface area contributed by atoms with E-state index in [0.717, 1.165) is 11.1 Å². The Labute approximate surface area is 107 Å². The summed E-state index contributed by atoms with van der Waals surface area (Å²) in [6.07, 6.45) is 1.65. The number of carbonyl (C=O) groups is 1. The number of nitrogens with zero attached hydrogens (tertiary/aromatic N) is 1. The molecule has 0 atom stereocenters. The molecule has 1 aromatic heterocycles. The second kappa shape index (κ2) is 5.45. The molecule has 0 radical (unpaired) electrons. The molecule has 0 aliphatic rings. The number of rotatable bonds is 3. The van der Waals surface area contributed by atoms with Gasteiger partial charge in [0.2, 0.25) is 0 Å². The van der Waals surface area contributed by atoms with Crippen LogP contribution in [0, 0.1) is 13.8 Å². The fourth-order valence-electron chi connectivity index (χ4n) is 1.73. The molecule has 0 unspecified atom stereocenters. The highest BCUT2D eigenvalue weighted by Crippen LogP contribution is 2.07. The van der Waals surface area contributed by atoms with Crippen molar-refractivity contribution in [1.29, 1.82) is 0 Å². The summed E-state index contributed by atoms with van der Waals surface area (Å²) in [5.41, 5.74) is 3.79. The van der Waals surface area contributed by atoms with Crippen molar-refractivity contribution in [3.63, 3.8) is 0 Å². The third-order valence-electron chi connectivity index (χ3n) is 2.85. The van der Waals surface area contributed by atoms with Crippen molar-refractivity contribution in [3.8, 4) is 0 Å². The summed E-state index contributed by atoms with van der Waals surface area (Å²) in [7, 11) is 0. The van der Waals surface area contributed by atoms with Crippen LogP contribution in [-0.4, -0.2) is 10.9 Å². The molecule has 0 aliphatic heterocycles. The fraction of sp³-hybridized carbons (Fsp3) is 0.200. The topological polar surface area (TPSA) is 42.0 Å². The number of pyridine rings is 1. The quantitative estimate of drug-likeness (QED) is 0.896. The van der Waals surface area contributed by atoms with E-state index in [1.165, 1.54) is 5.56 Å². The Morgan fingerprint density at radius 1 is 1.22 bits per heavy atom. The van der Waals surface area contributed by atoms with Gasteiger partial charge in [-0.15, -0.1) is 0 Å². The average molecular weight is 240 g/mol. The maximum atomic E-state index is 11.9. The minimum absolute atomic E-state index is 0.137. The lowest BCUT2D eigenvalue weighted by Crippen LogP contribution is -2.24. The Morgan fingerprint density at radius 2 is 2.00 bits per heavy atom. The lowest BCUT2D eigenvalue weighted by atomic mass is 10.1. The van der Waals surface area contributed by atoms with Crippen molar-refractivity contribution >= 4 is 5.91 Å². The first-order chi connectivity index (χ1) is 8.66. The predicted octanol–water partition coefficient (Wildman–Crippen LogP) is 2.63. The normalized spacial score (nSPS) is 10.1. The van der Waals surface area contributed by atoms with E-state index in [0.29, 0.717) is 12.2 Å². The predicted molar refractivity (Wildman–Crippen MR) is 71.3 cm³/mol. The molecule has 1 amide bonds. The van der Waals surface area contributed by atoms with Crippen LogP contribution < -0.4 is 5.32 Å². The summed E-state index contributed by atoms with van der Waals surface area (Å²) in [6, 6.07) is 11.7. The van der Waals surface area contributed by atoms with E-state index in [2.05, 4.69) is 10.3 Å². The molecule has 3 nitrogen and oxygen atoms in total. The molecule has 0 aliphatic carbocycles. The van der Waals surface area contributed by atoms with Gasteiger partial charge in [0.15, 0.2) is 0 Å². The number of aromatic nitrogens is 1. The highest BCUT2D eigenvalue weighted by Gasteiger charge is 2.07. The minimum Gasteiger partial charge on any atom is -0.347 e. The highest BCUT2D eigenvalue weighted by molar-refractivity contribution is 5.92. The molecule has 0 saturated carbocycles. The standard InChI is InChI=1S/C15H16N2O/c1-11-7-8-16-14(9-11)15(18)17-10-13-6-4-3-5-12(13)2/h3-9H,10H2,1-2H3,(H,17,18). The Balaban J connectivity index is 2.03. The molecule has 18 heavy (non-hydrogen) atoms. The van der Waals surface area contributed by atoms with Crippen molar-refractivity contribution in [2.24, 2.45) is 0 Å². The van der Waals surface area contributed by atoms with Crippen LogP contribution >= 0.6 is 0 Å². The smallest absolute Gasteiger partial charge is 0.270 e. The number of carbonyl (C=O) groups excluding carboxylic acids is 1. The first kappa shape index (κ1) is 12.3. The molecular formula is C15H16N2O. The summed E-state index contributed by atoms with van der Waals surface area (Å²) < 4.78 is 0. The largest absolute Gasteiger partial charge is 0.347 e. The summed E-state index contributed by atoms with van der Waals surface area (Å²) in [5, 5.41) is 2.88. The van der Waals surface area contributed by atoms with Gasteiger partial charge in [-0.3, -0.25) is 9.78 Å². The van der Waals surface area contributed by atoms with Crippen LogP contribution in [0.3, 0.4) is 0 Å². The molecule has 0 saturated heterocycles. The molecule has 1 aromatic carbocycles. The van der Waals surface area contributed by atoms with Crippen LogP contribution in [0.4, 0.5) is 0 Å². The third kappa shape index (κ3) is 2.94. The van der Waals surface area contributed by atoms with Crippen LogP contribution in [0.2, 0.25) is 0 Å². The van der Waals surface area contributed by atoms with Gasteiger partial charge >= 0.3 is 0 Å². The first-order valence-corrected chi connectivity index (χ1v) is 5.92. The Kier molecular flexibility index (Phi) is 3.72. The van der Waals surface area contributed by atoms with E-state index in [9.17, 15) is 4.79 Å². The van der Waals surface area contributed by atoms with Crippen molar-refractivity contribution in [3.05, 3.63) is 65.0 Å². The molecule has 0 spiro atoms. The van der Waals surface area contributed by atoms with Crippen molar-refractivity contribution < 1.29 is 4.79 Å². The van der Waals surface area contributed by atoms with E-state index in [1.54, 1.807) is 12.3 Å². The van der Waals surface area contributed by atoms with Crippen LogP contribution in [0.5, 0.6) is 0 Å². The van der Waals surface area contributed by atoms with Gasteiger partial charge in [-0.2, -0.15) is 0 Å². The molecule has 1 heterocycles.